The fourth-order valence-electron chi connectivity index (χ4n) is 0.959. The van der Waals surface area contributed by atoms with Crippen molar-refractivity contribution in [1.29, 1.82) is 0 Å². The van der Waals surface area contributed by atoms with E-state index in [0.717, 1.165) is 12.8 Å². The first-order chi connectivity index (χ1) is 6.20. The summed E-state index contributed by atoms with van der Waals surface area (Å²) in [6, 6.07) is 0. The van der Waals surface area contributed by atoms with Crippen molar-refractivity contribution in [2.75, 3.05) is 19.6 Å². The SMILES string of the molecule is O=C(O)CNCCNC(=O)C1CC1. The molecule has 0 saturated heterocycles. The highest BCUT2D eigenvalue weighted by Crippen LogP contribution is 2.28. The number of nitrogens with one attached hydrogen (secondary N) is 2. The second kappa shape index (κ2) is 4.81. The summed E-state index contributed by atoms with van der Waals surface area (Å²) >= 11 is 0. The number of hydrogen-bond donors (Lipinski definition) is 3. The number of rotatable bonds is 6. The number of hydrogen-bond acceptors (Lipinski definition) is 3. The molecule has 0 atom stereocenters. The summed E-state index contributed by atoms with van der Waals surface area (Å²) in [5, 5.41) is 13.7. The van der Waals surface area contributed by atoms with Crippen LogP contribution in [0.1, 0.15) is 12.8 Å². The maximum Gasteiger partial charge on any atom is 0.317 e. The third kappa shape index (κ3) is 4.47. The third-order valence-corrected chi connectivity index (χ3v) is 1.83. The van der Waals surface area contributed by atoms with Gasteiger partial charge in [0, 0.05) is 19.0 Å². The second-order valence-corrected chi connectivity index (χ2v) is 3.14. The molecule has 0 aromatic rings. The van der Waals surface area contributed by atoms with Gasteiger partial charge in [-0.2, -0.15) is 0 Å². The Morgan fingerprint density at radius 3 is 2.54 bits per heavy atom. The molecule has 0 aliphatic heterocycles. The largest absolute Gasteiger partial charge is 0.480 e. The minimum Gasteiger partial charge on any atom is -0.480 e. The van der Waals surface area contributed by atoms with Gasteiger partial charge in [-0.15, -0.1) is 0 Å². The van der Waals surface area contributed by atoms with Crippen LogP contribution in [0.3, 0.4) is 0 Å². The van der Waals surface area contributed by atoms with Crippen LogP contribution < -0.4 is 10.6 Å². The predicted octanol–water partition coefficient (Wildman–Crippen LogP) is -0.813. The minimum atomic E-state index is -0.881. The van der Waals surface area contributed by atoms with E-state index in [1.807, 2.05) is 0 Å². The smallest absolute Gasteiger partial charge is 0.317 e. The van der Waals surface area contributed by atoms with Crippen LogP contribution in [0.5, 0.6) is 0 Å². The number of carboxylic acids is 1. The standard InChI is InChI=1S/C8H14N2O3/c11-7(12)5-9-3-4-10-8(13)6-1-2-6/h6,9H,1-5H2,(H,10,13)(H,11,12). The molecular weight excluding hydrogens is 172 g/mol. The minimum absolute atomic E-state index is 0.0563. The van der Waals surface area contributed by atoms with Gasteiger partial charge in [-0.3, -0.25) is 9.59 Å². The molecule has 0 radical (unpaired) electrons. The van der Waals surface area contributed by atoms with Crippen LogP contribution in [0.4, 0.5) is 0 Å². The Hall–Kier alpha value is -1.10. The zero-order chi connectivity index (χ0) is 9.68. The van der Waals surface area contributed by atoms with Gasteiger partial charge in [-0.05, 0) is 12.8 Å². The lowest BCUT2D eigenvalue weighted by Crippen LogP contribution is -2.34. The molecule has 1 saturated carbocycles. The summed E-state index contributed by atoms with van der Waals surface area (Å²) in [6.07, 6.45) is 1.99. The molecule has 0 aromatic heterocycles. The molecular formula is C8H14N2O3. The van der Waals surface area contributed by atoms with E-state index in [2.05, 4.69) is 10.6 Å². The van der Waals surface area contributed by atoms with Gasteiger partial charge in [-0.1, -0.05) is 0 Å². The number of carboxylic acid groups (broad SMARTS) is 1. The summed E-state index contributed by atoms with van der Waals surface area (Å²) in [5.41, 5.74) is 0. The van der Waals surface area contributed by atoms with E-state index in [4.69, 9.17) is 5.11 Å². The molecule has 13 heavy (non-hydrogen) atoms. The van der Waals surface area contributed by atoms with Crippen molar-refractivity contribution < 1.29 is 14.7 Å². The van der Waals surface area contributed by atoms with E-state index >= 15 is 0 Å². The first kappa shape index (κ1) is 9.98. The normalized spacial score (nSPS) is 15.4. The quantitative estimate of drug-likeness (QED) is 0.474. The zero-order valence-corrected chi connectivity index (χ0v) is 7.38. The molecule has 5 heteroatoms. The average Bonchev–Trinajstić information content (AvgIpc) is 2.85. The van der Waals surface area contributed by atoms with Gasteiger partial charge >= 0.3 is 5.97 Å². The maximum absolute atomic E-state index is 11.0. The highest BCUT2D eigenvalue weighted by atomic mass is 16.4. The summed E-state index contributed by atoms with van der Waals surface area (Å²) in [7, 11) is 0. The van der Waals surface area contributed by atoms with Crippen LogP contribution >= 0.6 is 0 Å². The van der Waals surface area contributed by atoms with Crippen molar-refractivity contribution in [3.05, 3.63) is 0 Å². The van der Waals surface area contributed by atoms with Crippen molar-refractivity contribution >= 4 is 11.9 Å². The van der Waals surface area contributed by atoms with Gasteiger partial charge in [0.2, 0.25) is 5.91 Å². The average molecular weight is 186 g/mol. The number of amides is 1. The molecule has 0 aromatic carbocycles. The molecule has 1 aliphatic carbocycles. The van der Waals surface area contributed by atoms with Crippen LogP contribution in [-0.2, 0) is 9.59 Å². The van der Waals surface area contributed by atoms with Crippen LogP contribution in [0.15, 0.2) is 0 Å². The molecule has 0 heterocycles. The molecule has 3 N–H and O–H groups in total. The fraction of sp³-hybridized carbons (Fsp3) is 0.750. The Bertz CT molecular complexity index is 202. The van der Waals surface area contributed by atoms with Crippen molar-refractivity contribution in [3.63, 3.8) is 0 Å². The van der Waals surface area contributed by atoms with Gasteiger partial charge in [0.05, 0.1) is 6.54 Å². The Kier molecular flexibility index (Phi) is 3.70. The molecule has 5 nitrogen and oxygen atoms in total. The molecule has 1 rings (SSSR count). The van der Waals surface area contributed by atoms with Gasteiger partial charge in [0.15, 0.2) is 0 Å². The zero-order valence-electron chi connectivity index (χ0n) is 7.38. The third-order valence-electron chi connectivity index (χ3n) is 1.83. The van der Waals surface area contributed by atoms with E-state index in [-0.39, 0.29) is 18.4 Å². The van der Waals surface area contributed by atoms with E-state index in [1.165, 1.54) is 0 Å². The van der Waals surface area contributed by atoms with Crippen molar-refractivity contribution in [3.8, 4) is 0 Å². The van der Waals surface area contributed by atoms with Crippen LogP contribution in [-0.4, -0.2) is 36.6 Å². The molecule has 0 unspecified atom stereocenters. The maximum atomic E-state index is 11.0. The summed E-state index contributed by atoms with van der Waals surface area (Å²) in [5.74, 6) is -0.565. The second-order valence-electron chi connectivity index (χ2n) is 3.14. The van der Waals surface area contributed by atoms with Gasteiger partial charge in [-0.25, -0.2) is 0 Å². The first-order valence-electron chi connectivity index (χ1n) is 4.40. The lowest BCUT2D eigenvalue weighted by molar-refractivity contribution is -0.135. The van der Waals surface area contributed by atoms with Crippen molar-refractivity contribution in [2.24, 2.45) is 5.92 Å². The Morgan fingerprint density at radius 1 is 1.31 bits per heavy atom. The summed E-state index contributed by atoms with van der Waals surface area (Å²) in [6.45, 7) is 0.951. The summed E-state index contributed by atoms with van der Waals surface area (Å²) in [4.78, 5) is 21.1. The lowest BCUT2D eigenvalue weighted by Gasteiger charge is -2.03. The number of aliphatic carboxylic acids is 1. The lowest BCUT2D eigenvalue weighted by atomic mass is 10.4. The molecule has 1 amide bonds. The fourth-order valence-corrected chi connectivity index (χ4v) is 0.959. The Labute approximate surface area is 76.5 Å². The topological polar surface area (TPSA) is 78.4 Å². The highest BCUT2D eigenvalue weighted by Gasteiger charge is 2.28. The highest BCUT2D eigenvalue weighted by molar-refractivity contribution is 5.80. The van der Waals surface area contributed by atoms with Gasteiger partial charge in [0.25, 0.3) is 0 Å². The first-order valence-corrected chi connectivity index (χ1v) is 4.40. The monoisotopic (exact) mass is 186 g/mol. The Morgan fingerprint density at radius 2 is 2.00 bits per heavy atom. The van der Waals surface area contributed by atoms with E-state index in [1.54, 1.807) is 0 Å². The van der Waals surface area contributed by atoms with Crippen LogP contribution in [0, 0.1) is 5.92 Å². The predicted molar refractivity (Wildman–Crippen MR) is 46.2 cm³/mol. The van der Waals surface area contributed by atoms with Crippen molar-refractivity contribution in [1.82, 2.24) is 10.6 Å². The Balaban J connectivity index is 1.88. The molecule has 1 aliphatic rings. The van der Waals surface area contributed by atoms with Crippen LogP contribution in [0.25, 0.3) is 0 Å². The van der Waals surface area contributed by atoms with E-state index < -0.39 is 5.97 Å². The van der Waals surface area contributed by atoms with Crippen molar-refractivity contribution in [2.45, 2.75) is 12.8 Å². The number of carbonyl (C=O) groups is 2. The molecule has 74 valence electrons. The molecule has 0 bridgehead atoms. The van der Waals surface area contributed by atoms with E-state index in [0.29, 0.717) is 13.1 Å². The van der Waals surface area contributed by atoms with E-state index in [9.17, 15) is 9.59 Å². The number of carbonyl (C=O) groups excluding carboxylic acids is 1. The van der Waals surface area contributed by atoms with Gasteiger partial charge in [0.1, 0.15) is 0 Å². The molecule has 1 fully saturated rings. The van der Waals surface area contributed by atoms with Crippen LogP contribution in [0.2, 0.25) is 0 Å². The molecule has 0 spiro atoms. The van der Waals surface area contributed by atoms with Gasteiger partial charge < -0.3 is 15.7 Å². The summed E-state index contributed by atoms with van der Waals surface area (Å²) < 4.78 is 0.